The average Bonchev–Trinajstić information content (AvgIpc) is 2.67. The number of aromatic nitrogens is 2. The lowest BCUT2D eigenvalue weighted by molar-refractivity contribution is -0.114. The quantitative estimate of drug-likeness (QED) is 0.627. The molecule has 136 valence electrons. The third-order valence-electron chi connectivity index (χ3n) is 3.65. The normalized spacial score (nSPS) is 10.1. The van der Waals surface area contributed by atoms with E-state index in [0.29, 0.717) is 18.1 Å². The number of amides is 2. The van der Waals surface area contributed by atoms with Crippen LogP contribution in [0.1, 0.15) is 23.0 Å². The van der Waals surface area contributed by atoms with Crippen LogP contribution in [0.5, 0.6) is 0 Å². The zero-order valence-electron chi connectivity index (χ0n) is 14.8. The molecule has 2 aromatic carbocycles. The van der Waals surface area contributed by atoms with Crippen LogP contribution in [0, 0.1) is 0 Å². The number of hydrogen-bond acceptors (Lipinski definition) is 5. The van der Waals surface area contributed by atoms with E-state index in [1.54, 1.807) is 24.3 Å². The molecule has 2 amide bonds. The number of carbonyl (C=O) groups excluding carboxylic acids is 2. The average molecular weight is 361 g/mol. The minimum Gasteiger partial charge on any atom is -0.347 e. The van der Waals surface area contributed by atoms with Gasteiger partial charge in [0.05, 0.1) is 0 Å². The van der Waals surface area contributed by atoms with Gasteiger partial charge in [-0.15, -0.1) is 10.2 Å². The molecule has 7 heteroatoms. The summed E-state index contributed by atoms with van der Waals surface area (Å²) < 4.78 is 0. The second-order valence-corrected chi connectivity index (χ2v) is 5.86. The van der Waals surface area contributed by atoms with Gasteiger partial charge in [0.25, 0.3) is 5.91 Å². The van der Waals surface area contributed by atoms with Crippen LogP contribution >= 0.6 is 0 Å². The fourth-order valence-corrected chi connectivity index (χ4v) is 2.41. The Morgan fingerprint density at radius 2 is 1.67 bits per heavy atom. The Hall–Kier alpha value is -3.74. The van der Waals surface area contributed by atoms with Crippen LogP contribution in [0.15, 0.2) is 66.7 Å². The summed E-state index contributed by atoms with van der Waals surface area (Å²) in [7, 11) is 0. The molecular weight excluding hydrogens is 342 g/mol. The van der Waals surface area contributed by atoms with E-state index in [2.05, 4.69) is 26.1 Å². The molecule has 0 fully saturated rings. The summed E-state index contributed by atoms with van der Waals surface area (Å²) in [5.41, 5.74) is 2.67. The van der Waals surface area contributed by atoms with Crippen molar-refractivity contribution in [3.63, 3.8) is 0 Å². The maximum absolute atomic E-state index is 12.2. The molecule has 3 aromatic rings. The lowest BCUT2D eigenvalue weighted by Gasteiger charge is -2.08. The van der Waals surface area contributed by atoms with Crippen LogP contribution in [-0.2, 0) is 11.3 Å². The molecule has 3 N–H and O–H groups in total. The maximum Gasteiger partial charge on any atom is 0.272 e. The van der Waals surface area contributed by atoms with Gasteiger partial charge in [-0.1, -0.05) is 36.4 Å². The molecule has 0 unspecified atom stereocenters. The predicted octanol–water partition coefficient (Wildman–Crippen LogP) is 3.11. The predicted molar refractivity (Wildman–Crippen MR) is 104 cm³/mol. The SMILES string of the molecule is CC(=O)Nc1cccc(Nc2ccc(C(=O)NCc3ccccc3)nn2)c1. The van der Waals surface area contributed by atoms with Gasteiger partial charge in [0.2, 0.25) is 5.91 Å². The van der Waals surface area contributed by atoms with Gasteiger partial charge in [0.1, 0.15) is 0 Å². The highest BCUT2D eigenvalue weighted by molar-refractivity contribution is 5.92. The Balaban J connectivity index is 1.60. The third kappa shape index (κ3) is 5.37. The fourth-order valence-electron chi connectivity index (χ4n) is 2.41. The first-order valence-electron chi connectivity index (χ1n) is 8.41. The van der Waals surface area contributed by atoms with Crippen molar-refractivity contribution in [2.45, 2.75) is 13.5 Å². The van der Waals surface area contributed by atoms with Crippen molar-refractivity contribution in [2.24, 2.45) is 0 Å². The maximum atomic E-state index is 12.2. The van der Waals surface area contributed by atoms with Crippen molar-refractivity contribution >= 4 is 29.0 Å². The molecule has 3 rings (SSSR count). The van der Waals surface area contributed by atoms with Crippen molar-refractivity contribution in [3.05, 3.63) is 78.0 Å². The summed E-state index contributed by atoms with van der Waals surface area (Å²) in [5, 5.41) is 16.6. The summed E-state index contributed by atoms with van der Waals surface area (Å²) in [6.45, 7) is 1.88. The van der Waals surface area contributed by atoms with Crippen molar-refractivity contribution in [1.82, 2.24) is 15.5 Å². The number of nitrogens with zero attached hydrogens (tertiary/aromatic N) is 2. The van der Waals surface area contributed by atoms with Gasteiger partial charge in [-0.3, -0.25) is 9.59 Å². The summed E-state index contributed by atoms with van der Waals surface area (Å²) >= 11 is 0. The van der Waals surface area contributed by atoms with Gasteiger partial charge in [-0.2, -0.15) is 0 Å². The summed E-state index contributed by atoms with van der Waals surface area (Å²) in [6.07, 6.45) is 0. The number of benzene rings is 2. The first kappa shape index (κ1) is 18.1. The van der Waals surface area contributed by atoms with Gasteiger partial charge >= 0.3 is 0 Å². The standard InChI is InChI=1S/C20H19N5O2/c1-14(26)22-16-8-5-9-17(12-16)23-19-11-10-18(24-25-19)20(27)21-13-15-6-3-2-4-7-15/h2-12H,13H2,1H3,(H,21,27)(H,22,26)(H,23,25). The molecule has 0 saturated carbocycles. The molecule has 27 heavy (non-hydrogen) atoms. The Kier molecular flexibility index (Phi) is 5.73. The van der Waals surface area contributed by atoms with E-state index in [-0.39, 0.29) is 17.5 Å². The Bertz CT molecular complexity index is 927. The molecule has 0 spiro atoms. The van der Waals surface area contributed by atoms with E-state index < -0.39 is 0 Å². The third-order valence-corrected chi connectivity index (χ3v) is 3.65. The zero-order chi connectivity index (χ0) is 19.1. The number of anilines is 3. The molecule has 0 aliphatic heterocycles. The number of carbonyl (C=O) groups is 2. The topological polar surface area (TPSA) is 96.0 Å². The lowest BCUT2D eigenvalue weighted by atomic mass is 10.2. The molecule has 0 aliphatic rings. The highest BCUT2D eigenvalue weighted by atomic mass is 16.2. The first-order chi connectivity index (χ1) is 13.1. The molecule has 0 aliphatic carbocycles. The largest absolute Gasteiger partial charge is 0.347 e. The lowest BCUT2D eigenvalue weighted by Crippen LogP contribution is -2.24. The van der Waals surface area contributed by atoms with Crippen molar-refractivity contribution < 1.29 is 9.59 Å². The minimum atomic E-state index is -0.287. The minimum absolute atomic E-state index is 0.141. The van der Waals surface area contributed by atoms with Crippen LogP contribution in [0.2, 0.25) is 0 Å². The van der Waals surface area contributed by atoms with E-state index in [4.69, 9.17) is 0 Å². The van der Waals surface area contributed by atoms with E-state index >= 15 is 0 Å². The van der Waals surface area contributed by atoms with Crippen LogP contribution in [0.25, 0.3) is 0 Å². The summed E-state index contributed by atoms with van der Waals surface area (Å²) in [6, 6.07) is 20.1. The number of hydrogen-bond donors (Lipinski definition) is 3. The molecule has 0 atom stereocenters. The van der Waals surface area contributed by atoms with Gasteiger partial charge < -0.3 is 16.0 Å². The van der Waals surface area contributed by atoms with E-state index in [1.165, 1.54) is 6.92 Å². The Labute approximate surface area is 156 Å². The molecule has 7 nitrogen and oxygen atoms in total. The van der Waals surface area contributed by atoms with Gasteiger partial charge in [0, 0.05) is 24.8 Å². The van der Waals surface area contributed by atoms with Crippen molar-refractivity contribution in [1.29, 1.82) is 0 Å². The summed E-state index contributed by atoms with van der Waals surface area (Å²) in [5.74, 6) is 0.0675. The first-order valence-corrected chi connectivity index (χ1v) is 8.41. The fraction of sp³-hybridized carbons (Fsp3) is 0.100. The molecule has 0 bridgehead atoms. The molecular formula is C20H19N5O2. The van der Waals surface area contributed by atoms with Gasteiger partial charge in [-0.25, -0.2) is 0 Å². The highest BCUT2D eigenvalue weighted by Gasteiger charge is 2.08. The molecule has 1 aromatic heterocycles. The summed E-state index contributed by atoms with van der Waals surface area (Å²) in [4.78, 5) is 23.3. The van der Waals surface area contributed by atoms with Crippen LogP contribution in [0.3, 0.4) is 0 Å². The smallest absolute Gasteiger partial charge is 0.272 e. The highest BCUT2D eigenvalue weighted by Crippen LogP contribution is 2.18. The monoisotopic (exact) mass is 361 g/mol. The van der Waals surface area contributed by atoms with E-state index in [0.717, 1.165) is 11.3 Å². The number of rotatable bonds is 6. The van der Waals surface area contributed by atoms with Crippen molar-refractivity contribution in [3.8, 4) is 0 Å². The van der Waals surface area contributed by atoms with Gasteiger partial charge in [0.15, 0.2) is 11.5 Å². The van der Waals surface area contributed by atoms with Crippen molar-refractivity contribution in [2.75, 3.05) is 10.6 Å². The zero-order valence-corrected chi connectivity index (χ0v) is 14.8. The van der Waals surface area contributed by atoms with E-state index in [1.807, 2.05) is 42.5 Å². The Morgan fingerprint density at radius 3 is 2.37 bits per heavy atom. The Morgan fingerprint density at radius 1 is 0.889 bits per heavy atom. The number of nitrogens with one attached hydrogen (secondary N) is 3. The second kappa shape index (κ2) is 8.57. The molecule has 1 heterocycles. The second-order valence-electron chi connectivity index (χ2n) is 5.86. The molecule has 0 radical (unpaired) electrons. The van der Waals surface area contributed by atoms with E-state index in [9.17, 15) is 9.59 Å². The molecule has 0 saturated heterocycles. The van der Waals surface area contributed by atoms with Crippen LogP contribution < -0.4 is 16.0 Å². The van der Waals surface area contributed by atoms with Crippen LogP contribution in [0.4, 0.5) is 17.2 Å². The van der Waals surface area contributed by atoms with Crippen LogP contribution in [-0.4, -0.2) is 22.0 Å². The van der Waals surface area contributed by atoms with Gasteiger partial charge in [-0.05, 0) is 35.9 Å².